The average Bonchev–Trinajstić information content (AvgIpc) is 3.08. The van der Waals surface area contributed by atoms with Crippen molar-refractivity contribution in [1.29, 1.82) is 0 Å². The van der Waals surface area contributed by atoms with Gasteiger partial charge in [-0.2, -0.15) is 0 Å². The van der Waals surface area contributed by atoms with Gasteiger partial charge in [0.2, 0.25) is 5.91 Å². The lowest BCUT2D eigenvalue weighted by atomic mass is 10.0. The molecule has 0 spiro atoms. The number of rotatable bonds is 5. The van der Waals surface area contributed by atoms with E-state index < -0.39 is 17.8 Å². The Balaban J connectivity index is 1.47. The van der Waals surface area contributed by atoms with E-state index in [4.69, 9.17) is 12.2 Å². The first-order valence-electron chi connectivity index (χ1n) is 9.91. The first-order chi connectivity index (χ1) is 15.4. The van der Waals surface area contributed by atoms with Crippen molar-refractivity contribution in [3.63, 3.8) is 0 Å². The molecule has 7 heteroatoms. The summed E-state index contributed by atoms with van der Waals surface area (Å²) in [7, 11) is 0. The van der Waals surface area contributed by atoms with Crippen LogP contribution in [-0.2, 0) is 9.59 Å². The highest BCUT2D eigenvalue weighted by molar-refractivity contribution is 8.26. The Morgan fingerprint density at radius 3 is 2.28 bits per heavy atom. The van der Waals surface area contributed by atoms with Gasteiger partial charge >= 0.3 is 0 Å². The molecule has 1 aliphatic rings. The van der Waals surface area contributed by atoms with E-state index in [0.29, 0.717) is 14.9 Å². The largest absolute Gasteiger partial charge is 0.324 e. The highest BCUT2D eigenvalue weighted by Gasteiger charge is 2.38. The summed E-state index contributed by atoms with van der Waals surface area (Å²) >= 11 is 6.54. The van der Waals surface area contributed by atoms with Crippen molar-refractivity contribution in [1.82, 2.24) is 4.90 Å². The van der Waals surface area contributed by atoms with Crippen LogP contribution in [0.3, 0.4) is 0 Å². The highest BCUT2D eigenvalue weighted by atomic mass is 32.2. The summed E-state index contributed by atoms with van der Waals surface area (Å²) in [5.41, 5.74) is 3.52. The fraction of sp³-hybridized carbons (Fsp3) is 0.0800. The summed E-state index contributed by atoms with van der Waals surface area (Å²) in [6, 6.07) is 22.5. The lowest BCUT2D eigenvalue weighted by Crippen LogP contribution is -2.44. The number of carbonyl (C=O) groups is 2. The molecule has 4 rings (SSSR count). The molecule has 32 heavy (non-hydrogen) atoms. The van der Waals surface area contributed by atoms with Crippen molar-refractivity contribution < 1.29 is 14.0 Å². The molecule has 0 aliphatic carbocycles. The summed E-state index contributed by atoms with van der Waals surface area (Å²) in [6.45, 7) is 1.61. The third kappa shape index (κ3) is 4.79. The minimum Gasteiger partial charge on any atom is -0.324 e. The molecular weight excluding hydrogens is 443 g/mol. The van der Waals surface area contributed by atoms with Gasteiger partial charge in [0, 0.05) is 5.69 Å². The van der Waals surface area contributed by atoms with Crippen LogP contribution in [0.5, 0.6) is 0 Å². The topological polar surface area (TPSA) is 49.4 Å². The van der Waals surface area contributed by atoms with E-state index in [9.17, 15) is 14.0 Å². The Kier molecular flexibility index (Phi) is 6.48. The fourth-order valence-electron chi connectivity index (χ4n) is 3.26. The molecule has 4 nitrogen and oxygen atoms in total. The Morgan fingerprint density at radius 2 is 1.62 bits per heavy atom. The minimum atomic E-state index is -0.807. The number of nitrogens with zero attached hydrogens (tertiary/aromatic N) is 1. The smallest absolute Gasteiger partial charge is 0.266 e. The number of amides is 2. The minimum absolute atomic E-state index is 0.311. The van der Waals surface area contributed by atoms with E-state index in [1.165, 1.54) is 40.9 Å². The molecule has 3 aromatic carbocycles. The predicted octanol–water partition coefficient (Wildman–Crippen LogP) is 5.72. The summed E-state index contributed by atoms with van der Waals surface area (Å²) in [5.74, 6) is -1.11. The first kappa shape index (κ1) is 21.9. The molecule has 3 aromatic rings. The zero-order chi connectivity index (χ0) is 22.7. The number of hydrogen-bond donors (Lipinski definition) is 1. The van der Waals surface area contributed by atoms with E-state index in [2.05, 4.69) is 5.32 Å². The molecule has 1 heterocycles. The number of halogens is 1. The van der Waals surface area contributed by atoms with Crippen molar-refractivity contribution in [3.8, 4) is 11.1 Å². The second-order valence-electron chi connectivity index (χ2n) is 7.21. The van der Waals surface area contributed by atoms with Gasteiger partial charge in [-0.1, -0.05) is 78.6 Å². The van der Waals surface area contributed by atoms with Gasteiger partial charge in [-0.05, 0) is 54.0 Å². The van der Waals surface area contributed by atoms with Crippen LogP contribution in [0, 0.1) is 5.82 Å². The SMILES string of the molecule is CC(C(=O)Nc1ccc(F)cc1)N1C(=O)/C(=C/c2ccc(-c3ccccc3)cc2)SC1=S. The van der Waals surface area contributed by atoms with Crippen molar-refractivity contribution in [2.75, 3.05) is 5.32 Å². The maximum Gasteiger partial charge on any atom is 0.266 e. The molecule has 1 unspecified atom stereocenters. The number of carbonyl (C=O) groups excluding carboxylic acids is 2. The van der Waals surface area contributed by atoms with Crippen molar-refractivity contribution in [2.24, 2.45) is 0 Å². The Hall–Kier alpha value is -3.29. The summed E-state index contributed by atoms with van der Waals surface area (Å²) in [6.07, 6.45) is 1.78. The molecule has 1 fully saturated rings. The van der Waals surface area contributed by atoms with Gasteiger partial charge in [-0.15, -0.1) is 0 Å². The van der Waals surface area contributed by atoms with Gasteiger partial charge in [0.1, 0.15) is 16.2 Å². The number of benzene rings is 3. The number of anilines is 1. The molecule has 1 N–H and O–H groups in total. The Bertz CT molecular complexity index is 1190. The number of nitrogens with one attached hydrogen (secondary N) is 1. The first-order valence-corrected chi connectivity index (χ1v) is 11.1. The maximum absolute atomic E-state index is 13.1. The van der Waals surface area contributed by atoms with Crippen LogP contribution in [0.25, 0.3) is 17.2 Å². The third-order valence-electron chi connectivity index (χ3n) is 5.02. The lowest BCUT2D eigenvalue weighted by molar-refractivity contribution is -0.129. The zero-order valence-electron chi connectivity index (χ0n) is 17.1. The van der Waals surface area contributed by atoms with Crippen LogP contribution < -0.4 is 5.32 Å². The van der Waals surface area contributed by atoms with Crippen LogP contribution >= 0.6 is 24.0 Å². The second-order valence-corrected chi connectivity index (χ2v) is 8.89. The van der Waals surface area contributed by atoms with Crippen LogP contribution in [0.4, 0.5) is 10.1 Å². The third-order valence-corrected chi connectivity index (χ3v) is 6.35. The summed E-state index contributed by atoms with van der Waals surface area (Å²) < 4.78 is 13.4. The average molecular weight is 463 g/mol. The molecule has 0 aromatic heterocycles. The summed E-state index contributed by atoms with van der Waals surface area (Å²) in [5, 5.41) is 2.69. The van der Waals surface area contributed by atoms with Crippen molar-refractivity contribution in [3.05, 3.63) is 95.1 Å². The monoisotopic (exact) mass is 462 g/mol. The molecule has 2 amide bonds. The molecular formula is C25H19FN2O2S2. The number of thiocarbonyl (C=S) groups is 1. The van der Waals surface area contributed by atoms with E-state index in [-0.39, 0.29) is 5.91 Å². The van der Waals surface area contributed by atoms with Crippen LogP contribution in [0.15, 0.2) is 83.8 Å². The fourth-order valence-corrected chi connectivity index (χ4v) is 4.68. The molecule has 1 atom stereocenters. The van der Waals surface area contributed by atoms with E-state index in [1.54, 1.807) is 13.0 Å². The van der Waals surface area contributed by atoms with Crippen LogP contribution in [0.1, 0.15) is 12.5 Å². The van der Waals surface area contributed by atoms with Gasteiger partial charge in [0.15, 0.2) is 0 Å². The van der Waals surface area contributed by atoms with E-state index >= 15 is 0 Å². The number of thioether (sulfide) groups is 1. The Labute approximate surface area is 195 Å². The van der Waals surface area contributed by atoms with Crippen LogP contribution in [0.2, 0.25) is 0 Å². The quantitative estimate of drug-likeness (QED) is 0.389. The molecule has 1 saturated heterocycles. The molecule has 1 aliphatic heterocycles. The standard InChI is InChI=1S/C25H19FN2O2S2/c1-16(23(29)27-21-13-11-20(26)12-14-21)28-24(30)22(32-25(28)31)15-17-7-9-19(10-8-17)18-5-3-2-4-6-18/h2-16H,1H3,(H,27,29)/b22-15-. The van der Waals surface area contributed by atoms with Gasteiger partial charge in [0.25, 0.3) is 5.91 Å². The van der Waals surface area contributed by atoms with Crippen molar-refractivity contribution in [2.45, 2.75) is 13.0 Å². The van der Waals surface area contributed by atoms with Gasteiger partial charge in [0.05, 0.1) is 4.91 Å². The molecule has 0 saturated carbocycles. The van der Waals surface area contributed by atoms with E-state index in [0.717, 1.165) is 16.7 Å². The second kappa shape index (κ2) is 9.46. The molecule has 160 valence electrons. The number of hydrogen-bond acceptors (Lipinski definition) is 4. The normalized spacial score (nSPS) is 15.8. The highest BCUT2D eigenvalue weighted by Crippen LogP contribution is 2.34. The van der Waals surface area contributed by atoms with Gasteiger partial charge in [-0.25, -0.2) is 4.39 Å². The van der Waals surface area contributed by atoms with E-state index in [1.807, 2.05) is 54.6 Å². The molecule has 0 radical (unpaired) electrons. The Morgan fingerprint density at radius 1 is 1.00 bits per heavy atom. The van der Waals surface area contributed by atoms with Gasteiger partial charge < -0.3 is 5.32 Å². The maximum atomic E-state index is 13.1. The lowest BCUT2D eigenvalue weighted by Gasteiger charge is -2.22. The summed E-state index contributed by atoms with van der Waals surface area (Å²) in [4.78, 5) is 27.4. The zero-order valence-corrected chi connectivity index (χ0v) is 18.8. The van der Waals surface area contributed by atoms with Gasteiger partial charge in [-0.3, -0.25) is 14.5 Å². The van der Waals surface area contributed by atoms with Crippen LogP contribution in [-0.4, -0.2) is 27.1 Å². The predicted molar refractivity (Wildman–Crippen MR) is 131 cm³/mol. The molecule has 0 bridgehead atoms. The van der Waals surface area contributed by atoms with Crippen molar-refractivity contribution >= 4 is 51.9 Å².